The highest BCUT2D eigenvalue weighted by molar-refractivity contribution is 6.43. The first kappa shape index (κ1) is 17.5. The highest BCUT2D eigenvalue weighted by Crippen LogP contribution is 2.32. The molecule has 1 aliphatic heterocycles. The second kappa shape index (κ2) is 6.86. The molecule has 1 unspecified atom stereocenters. The summed E-state index contributed by atoms with van der Waals surface area (Å²) in [6, 6.07) is 11.1. The second-order valence-electron chi connectivity index (χ2n) is 5.67. The molecule has 0 bridgehead atoms. The lowest BCUT2D eigenvalue weighted by atomic mass is 10.1. The fourth-order valence-corrected chi connectivity index (χ4v) is 2.98. The quantitative estimate of drug-likeness (QED) is 0.832. The minimum Gasteiger partial charge on any atom is -0.350 e. The number of carbonyl (C=O) groups is 3. The van der Waals surface area contributed by atoms with Crippen molar-refractivity contribution in [1.29, 1.82) is 0 Å². The smallest absolute Gasteiger partial charge is 0.262 e. The van der Waals surface area contributed by atoms with E-state index in [-0.39, 0.29) is 21.2 Å². The Bertz CT molecular complexity index is 827. The Kier molecular flexibility index (Phi) is 4.79. The van der Waals surface area contributed by atoms with Crippen molar-refractivity contribution in [3.05, 3.63) is 69.2 Å². The molecule has 3 amide bonds. The molecule has 0 radical (unpaired) electrons. The van der Waals surface area contributed by atoms with Crippen molar-refractivity contribution in [1.82, 2.24) is 10.2 Å². The SMILES string of the molecule is CC(C(=O)NCc1ccccc1)N1C(=O)c2cc(Cl)c(Cl)cc2C1=O. The van der Waals surface area contributed by atoms with Gasteiger partial charge in [0.15, 0.2) is 0 Å². The molecule has 7 heteroatoms. The van der Waals surface area contributed by atoms with E-state index in [0.717, 1.165) is 10.5 Å². The summed E-state index contributed by atoms with van der Waals surface area (Å²) >= 11 is 11.8. The van der Waals surface area contributed by atoms with Crippen LogP contribution >= 0.6 is 23.2 Å². The van der Waals surface area contributed by atoms with Crippen molar-refractivity contribution in [3.8, 4) is 0 Å². The Balaban J connectivity index is 1.76. The third-order valence-corrected chi connectivity index (χ3v) is 4.76. The summed E-state index contributed by atoms with van der Waals surface area (Å²) in [4.78, 5) is 38.3. The van der Waals surface area contributed by atoms with E-state index in [1.807, 2.05) is 30.3 Å². The number of benzene rings is 2. The van der Waals surface area contributed by atoms with E-state index in [0.29, 0.717) is 6.54 Å². The Morgan fingerprint density at radius 3 is 2.08 bits per heavy atom. The average molecular weight is 377 g/mol. The molecule has 128 valence electrons. The number of hydrogen-bond donors (Lipinski definition) is 1. The van der Waals surface area contributed by atoms with Crippen LogP contribution in [0.1, 0.15) is 33.2 Å². The standard InChI is InChI=1S/C18H14Cl2N2O3/c1-10(16(23)21-9-11-5-3-2-4-6-11)22-17(24)12-7-14(19)15(20)8-13(12)18(22)25/h2-8,10H,9H2,1H3,(H,21,23). The van der Waals surface area contributed by atoms with Crippen molar-refractivity contribution in [2.24, 2.45) is 0 Å². The lowest BCUT2D eigenvalue weighted by molar-refractivity contribution is -0.124. The van der Waals surface area contributed by atoms with Crippen LogP contribution in [0.5, 0.6) is 0 Å². The van der Waals surface area contributed by atoms with Crippen LogP contribution < -0.4 is 5.32 Å². The zero-order chi connectivity index (χ0) is 18.1. The van der Waals surface area contributed by atoms with Gasteiger partial charge in [-0.15, -0.1) is 0 Å². The van der Waals surface area contributed by atoms with E-state index in [1.54, 1.807) is 0 Å². The average Bonchev–Trinajstić information content (AvgIpc) is 2.84. The van der Waals surface area contributed by atoms with Gasteiger partial charge in [0.05, 0.1) is 21.2 Å². The normalized spacial score (nSPS) is 14.4. The van der Waals surface area contributed by atoms with Gasteiger partial charge in [0, 0.05) is 6.54 Å². The van der Waals surface area contributed by atoms with Gasteiger partial charge in [-0.25, -0.2) is 0 Å². The summed E-state index contributed by atoms with van der Waals surface area (Å²) in [6.45, 7) is 1.82. The number of carbonyl (C=O) groups excluding carboxylic acids is 3. The Labute approximate surface area is 154 Å². The monoisotopic (exact) mass is 376 g/mol. The van der Waals surface area contributed by atoms with Gasteiger partial charge in [0.25, 0.3) is 11.8 Å². The van der Waals surface area contributed by atoms with Crippen LogP contribution in [0, 0.1) is 0 Å². The number of nitrogens with one attached hydrogen (secondary N) is 1. The minimum absolute atomic E-state index is 0.155. The minimum atomic E-state index is -0.950. The van der Waals surface area contributed by atoms with E-state index in [4.69, 9.17) is 23.2 Å². The maximum atomic E-state index is 12.5. The van der Waals surface area contributed by atoms with Gasteiger partial charge in [-0.3, -0.25) is 19.3 Å². The first-order chi connectivity index (χ1) is 11.9. The van der Waals surface area contributed by atoms with Gasteiger partial charge in [0.1, 0.15) is 6.04 Å². The lowest BCUT2D eigenvalue weighted by Gasteiger charge is -2.21. The van der Waals surface area contributed by atoms with Crippen LogP contribution in [0.2, 0.25) is 10.0 Å². The van der Waals surface area contributed by atoms with Crippen LogP contribution in [0.4, 0.5) is 0 Å². The first-order valence-corrected chi connectivity index (χ1v) is 8.34. The first-order valence-electron chi connectivity index (χ1n) is 7.58. The summed E-state index contributed by atoms with van der Waals surface area (Å²) in [6.07, 6.45) is 0. The molecule has 1 N–H and O–H groups in total. The van der Waals surface area contributed by atoms with E-state index in [2.05, 4.69) is 5.32 Å². The molecule has 5 nitrogen and oxygen atoms in total. The highest BCUT2D eigenvalue weighted by atomic mass is 35.5. The van der Waals surface area contributed by atoms with Gasteiger partial charge in [-0.1, -0.05) is 53.5 Å². The lowest BCUT2D eigenvalue weighted by Crippen LogP contribution is -2.47. The van der Waals surface area contributed by atoms with E-state index >= 15 is 0 Å². The summed E-state index contributed by atoms with van der Waals surface area (Å²) in [5, 5.41) is 3.10. The molecular formula is C18H14Cl2N2O3. The van der Waals surface area contributed by atoms with E-state index in [9.17, 15) is 14.4 Å². The fraction of sp³-hybridized carbons (Fsp3) is 0.167. The number of imide groups is 1. The Morgan fingerprint density at radius 1 is 1.04 bits per heavy atom. The van der Waals surface area contributed by atoms with Gasteiger partial charge >= 0.3 is 0 Å². The van der Waals surface area contributed by atoms with Crippen LogP contribution in [-0.2, 0) is 11.3 Å². The summed E-state index contributed by atoms with van der Waals surface area (Å²) in [7, 11) is 0. The number of rotatable bonds is 4. The van der Waals surface area contributed by atoms with Gasteiger partial charge in [-0.2, -0.15) is 0 Å². The molecule has 3 rings (SSSR count). The molecule has 0 aliphatic carbocycles. The number of hydrogen-bond acceptors (Lipinski definition) is 3. The van der Waals surface area contributed by atoms with Crippen molar-refractivity contribution in [2.45, 2.75) is 19.5 Å². The van der Waals surface area contributed by atoms with Crippen LogP contribution in [0.25, 0.3) is 0 Å². The molecule has 0 aromatic heterocycles. The van der Waals surface area contributed by atoms with Gasteiger partial charge in [-0.05, 0) is 24.6 Å². The Hall–Kier alpha value is -2.37. The van der Waals surface area contributed by atoms with E-state index < -0.39 is 23.8 Å². The molecule has 0 saturated heterocycles. The third kappa shape index (κ3) is 3.25. The van der Waals surface area contributed by atoms with Gasteiger partial charge in [0.2, 0.25) is 5.91 Å². The predicted octanol–water partition coefficient (Wildman–Crippen LogP) is 3.29. The zero-order valence-corrected chi connectivity index (χ0v) is 14.8. The summed E-state index contributed by atoms with van der Waals surface area (Å²) in [5.41, 5.74) is 1.23. The Morgan fingerprint density at radius 2 is 1.56 bits per heavy atom. The van der Waals surface area contributed by atoms with Crippen LogP contribution in [0.3, 0.4) is 0 Å². The number of fused-ring (bicyclic) bond motifs is 1. The topological polar surface area (TPSA) is 66.5 Å². The third-order valence-electron chi connectivity index (χ3n) is 4.04. The predicted molar refractivity (Wildman–Crippen MR) is 94.7 cm³/mol. The highest BCUT2D eigenvalue weighted by Gasteiger charge is 2.41. The largest absolute Gasteiger partial charge is 0.350 e. The molecule has 2 aromatic rings. The molecular weight excluding hydrogens is 363 g/mol. The molecule has 0 saturated carbocycles. The fourth-order valence-electron chi connectivity index (χ4n) is 2.65. The maximum Gasteiger partial charge on any atom is 0.262 e. The molecule has 1 aliphatic rings. The summed E-state index contributed by atoms with van der Waals surface area (Å²) in [5.74, 6) is -1.53. The number of halogens is 2. The zero-order valence-electron chi connectivity index (χ0n) is 13.3. The number of amides is 3. The molecule has 1 atom stereocenters. The maximum absolute atomic E-state index is 12.5. The van der Waals surface area contributed by atoms with Crippen molar-refractivity contribution in [3.63, 3.8) is 0 Å². The molecule has 25 heavy (non-hydrogen) atoms. The van der Waals surface area contributed by atoms with E-state index in [1.165, 1.54) is 19.1 Å². The molecule has 0 fully saturated rings. The molecule has 0 spiro atoms. The number of nitrogens with zero attached hydrogens (tertiary/aromatic N) is 1. The second-order valence-corrected chi connectivity index (χ2v) is 6.49. The van der Waals surface area contributed by atoms with Crippen LogP contribution in [0.15, 0.2) is 42.5 Å². The van der Waals surface area contributed by atoms with Crippen molar-refractivity contribution >= 4 is 40.9 Å². The van der Waals surface area contributed by atoms with Gasteiger partial charge < -0.3 is 5.32 Å². The summed E-state index contributed by atoms with van der Waals surface area (Å²) < 4.78 is 0. The van der Waals surface area contributed by atoms with Crippen molar-refractivity contribution < 1.29 is 14.4 Å². The van der Waals surface area contributed by atoms with Crippen molar-refractivity contribution in [2.75, 3.05) is 0 Å². The molecule has 1 heterocycles. The molecule has 2 aromatic carbocycles. The van der Waals surface area contributed by atoms with Crippen LogP contribution in [-0.4, -0.2) is 28.7 Å².